The molecular weight excluding hydrogens is 807 g/mol. The molecule has 0 radical (unpaired) electrons. The Morgan fingerprint density at radius 1 is 0.424 bits per heavy atom. The molecule has 3 aromatic heterocycles. The lowest BCUT2D eigenvalue weighted by Gasteiger charge is -2.21. The van der Waals surface area contributed by atoms with Gasteiger partial charge in [-0.25, -0.2) is 19.8 Å². The average molecular weight is 842 g/mol. The molecular formula is C59H35N7. The summed E-state index contributed by atoms with van der Waals surface area (Å²) in [5, 5.41) is 14.9. The second-order valence-corrected chi connectivity index (χ2v) is 16.2. The largest absolute Gasteiger partial charge is 0.309 e. The Kier molecular flexibility index (Phi) is 9.12. The van der Waals surface area contributed by atoms with Crippen molar-refractivity contribution in [2.24, 2.45) is 0 Å². The Balaban J connectivity index is 1.25. The lowest BCUT2D eigenvalue weighted by Crippen LogP contribution is -2.04. The van der Waals surface area contributed by atoms with Crippen LogP contribution in [-0.4, -0.2) is 24.1 Å². The Hall–Kier alpha value is -9.43. The van der Waals surface area contributed by atoms with E-state index in [9.17, 15) is 5.26 Å². The Bertz CT molecular complexity index is 3810. The van der Waals surface area contributed by atoms with E-state index in [-0.39, 0.29) is 0 Å². The summed E-state index contributed by atoms with van der Waals surface area (Å²) in [5.74, 6) is 1.59. The maximum absolute atomic E-state index is 10.3. The maximum Gasteiger partial charge on any atom is 0.187 e. The van der Waals surface area contributed by atoms with E-state index in [4.69, 9.17) is 21.5 Å². The number of nitrogens with zero attached hydrogens (tertiary/aromatic N) is 7. The van der Waals surface area contributed by atoms with Gasteiger partial charge in [-0.1, -0.05) is 152 Å². The maximum atomic E-state index is 10.3. The first-order valence-corrected chi connectivity index (χ1v) is 21.7. The van der Waals surface area contributed by atoms with Crippen LogP contribution in [0.3, 0.4) is 0 Å². The molecule has 0 aliphatic rings. The molecule has 0 amide bonds. The number of fused-ring (bicyclic) bond motifs is 7. The molecule has 0 N–H and O–H groups in total. The number of nitriles is 1. The fraction of sp³-hybridized carbons (Fsp3) is 0. The highest BCUT2D eigenvalue weighted by Crippen LogP contribution is 2.47. The normalized spacial score (nSPS) is 11.3. The fourth-order valence-corrected chi connectivity index (χ4v) is 9.48. The van der Waals surface area contributed by atoms with E-state index in [1.54, 1.807) is 0 Å². The van der Waals surface area contributed by atoms with Crippen molar-refractivity contribution >= 4 is 49.3 Å². The summed E-state index contributed by atoms with van der Waals surface area (Å²) in [4.78, 5) is 19.3. The standard InChI is InChI=1S/C59H35N7/c1-61-44-24-16-23-42(34-44)50-36-43(59-63-57(39-18-5-2-6-19-39)62-58(64-59)40-20-7-3-8-21-40)35-49(41-22-15-17-38(33-41)37-60)55(50)66-52-30-14-12-28-48(52)54-53(66)32-31-47-46-27-11-13-29-51(46)65(56(47)54)45-25-9-4-10-26-45/h2-36H. The summed E-state index contributed by atoms with van der Waals surface area (Å²) in [6.07, 6.45) is 0. The van der Waals surface area contributed by atoms with E-state index in [1.165, 1.54) is 5.39 Å². The summed E-state index contributed by atoms with van der Waals surface area (Å²) >= 11 is 0. The van der Waals surface area contributed by atoms with Crippen molar-refractivity contribution in [3.63, 3.8) is 0 Å². The molecule has 0 aliphatic heterocycles. The first-order chi connectivity index (χ1) is 32.6. The number of benzene rings is 9. The van der Waals surface area contributed by atoms with Crippen LogP contribution in [0.25, 0.3) is 116 Å². The van der Waals surface area contributed by atoms with Gasteiger partial charge in [0.2, 0.25) is 0 Å². The van der Waals surface area contributed by atoms with Crippen LogP contribution in [-0.2, 0) is 0 Å². The zero-order valence-electron chi connectivity index (χ0n) is 35.3. The summed E-state index contributed by atoms with van der Waals surface area (Å²) < 4.78 is 4.76. The molecule has 306 valence electrons. The van der Waals surface area contributed by atoms with Crippen LogP contribution >= 0.6 is 0 Å². The van der Waals surface area contributed by atoms with Gasteiger partial charge >= 0.3 is 0 Å². The Morgan fingerprint density at radius 3 is 1.59 bits per heavy atom. The first kappa shape index (κ1) is 38.3. The SMILES string of the molecule is [C-]#[N+]c1cccc(-c2cc(-c3nc(-c4ccccc4)nc(-c4ccccc4)n3)cc(-c3cccc(C#N)c3)c2-n2c3ccccc3c3c2ccc2c4ccccc4n(-c4ccccc4)c23)c1. The minimum atomic E-state index is 0.492. The summed E-state index contributed by atoms with van der Waals surface area (Å²) in [6, 6.07) is 74.4. The third-order valence-corrected chi connectivity index (χ3v) is 12.4. The Morgan fingerprint density at radius 2 is 0.955 bits per heavy atom. The smallest absolute Gasteiger partial charge is 0.187 e. The van der Waals surface area contributed by atoms with Gasteiger partial charge in [0.05, 0.1) is 46.0 Å². The third-order valence-electron chi connectivity index (χ3n) is 12.4. The lowest BCUT2D eigenvalue weighted by atomic mass is 9.91. The highest BCUT2D eigenvalue weighted by molar-refractivity contribution is 6.26. The number of hydrogen-bond acceptors (Lipinski definition) is 4. The minimum absolute atomic E-state index is 0.492. The van der Waals surface area contributed by atoms with Gasteiger partial charge in [0.1, 0.15) is 0 Å². The monoisotopic (exact) mass is 841 g/mol. The molecule has 12 aromatic rings. The van der Waals surface area contributed by atoms with Gasteiger partial charge in [-0.15, -0.1) is 0 Å². The number of aromatic nitrogens is 5. The third kappa shape index (κ3) is 6.31. The van der Waals surface area contributed by atoms with Crippen molar-refractivity contribution < 1.29 is 0 Å². The van der Waals surface area contributed by atoms with E-state index in [0.717, 1.165) is 88.5 Å². The topological polar surface area (TPSA) is 76.7 Å². The number of para-hydroxylation sites is 3. The van der Waals surface area contributed by atoms with Crippen LogP contribution < -0.4 is 0 Å². The van der Waals surface area contributed by atoms with E-state index in [0.29, 0.717) is 28.7 Å². The molecule has 0 atom stereocenters. The molecule has 9 aromatic carbocycles. The molecule has 0 aliphatic carbocycles. The van der Waals surface area contributed by atoms with Crippen molar-refractivity contribution in [3.8, 4) is 73.9 Å². The molecule has 0 fully saturated rings. The predicted octanol–water partition coefficient (Wildman–Crippen LogP) is 14.8. The summed E-state index contributed by atoms with van der Waals surface area (Å²) in [7, 11) is 0. The molecule has 0 saturated heterocycles. The Labute approximate surface area is 380 Å². The van der Waals surface area contributed by atoms with E-state index in [1.807, 2.05) is 97.1 Å². The van der Waals surface area contributed by atoms with Crippen molar-refractivity contribution in [2.45, 2.75) is 0 Å². The van der Waals surface area contributed by atoms with Crippen LogP contribution in [0.15, 0.2) is 212 Å². The van der Waals surface area contributed by atoms with E-state index >= 15 is 0 Å². The highest BCUT2D eigenvalue weighted by Gasteiger charge is 2.26. The molecule has 3 heterocycles. The second-order valence-electron chi connectivity index (χ2n) is 16.2. The van der Waals surface area contributed by atoms with Gasteiger partial charge in [0.25, 0.3) is 0 Å². The van der Waals surface area contributed by atoms with E-state index < -0.39 is 0 Å². The minimum Gasteiger partial charge on any atom is -0.309 e. The van der Waals surface area contributed by atoms with Crippen molar-refractivity contribution in [1.29, 1.82) is 5.26 Å². The van der Waals surface area contributed by atoms with Crippen molar-refractivity contribution in [3.05, 3.63) is 229 Å². The second kappa shape index (κ2) is 15.7. The van der Waals surface area contributed by atoms with Crippen LogP contribution in [0.4, 0.5) is 5.69 Å². The zero-order valence-corrected chi connectivity index (χ0v) is 35.3. The number of hydrogen-bond donors (Lipinski definition) is 0. The van der Waals surface area contributed by atoms with Gasteiger partial charge in [0.15, 0.2) is 23.2 Å². The molecule has 12 rings (SSSR count). The molecule has 0 unspecified atom stereocenters. The van der Waals surface area contributed by atoms with E-state index in [2.05, 4.69) is 135 Å². The van der Waals surface area contributed by atoms with Crippen LogP contribution in [0, 0.1) is 17.9 Å². The van der Waals surface area contributed by atoms with Gasteiger partial charge in [-0.05, 0) is 71.8 Å². The summed E-state index contributed by atoms with van der Waals surface area (Å²) in [6.45, 7) is 8.09. The molecule has 0 bridgehead atoms. The lowest BCUT2D eigenvalue weighted by molar-refractivity contribution is 1.07. The molecule has 7 heteroatoms. The van der Waals surface area contributed by atoms with Gasteiger partial charge in [-0.3, -0.25) is 0 Å². The van der Waals surface area contributed by atoms with Gasteiger partial charge < -0.3 is 9.13 Å². The van der Waals surface area contributed by atoms with Gasteiger partial charge in [0, 0.05) is 55.0 Å². The average Bonchev–Trinajstić information content (AvgIpc) is 3.92. The quantitative estimate of drug-likeness (QED) is 0.150. The molecule has 0 spiro atoms. The van der Waals surface area contributed by atoms with Gasteiger partial charge in [-0.2, -0.15) is 5.26 Å². The fourth-order valence-electron chi connectivity index (χ4n) is 9.48. The molecule has 0 saturated carbocycles. The van der Waals surface area contributed by atoms with Crippen LogP contribution in [0.1, 0.15) is 5.56 Å². The molecule has 7 nitrogen and oxygen atoms in total. The zero-order chi connectivity index (χ0) is 44.1. The summed E-state index contributed by atoms with van der Waals surface area (Å²) in [5.41, 5.74) is 13.2. The van der Waals surface area contributed by atoms with Crippen LogP contribution in [0.2, 0.25) is 0 Å². The van der Waals surface area contributed by atoms with Crippen molar-refractivity contribution in [1.82, 2.24) is 24.1 Å². The highest BCUT2D eigenvalue weighted by atomic mass is 15.0. The first-order valence-electron chi connectivity index (χ1n) is 21.7. The van der Waals surface area contributed by atoms with Crippen molar-refractivity contribution in [2.75, 3.05) is 0 Å². The predicted molar refractivity (Wildman–Crippen MR) is 267 cm³/mol. The van der Waals surface area contributed by atoms with Crippen LogP contribution in [0.5, 0.6) is 0 Å². The molecule has 66 heavy (non-hydrogen) atoms. The number of rotatable bonds is 7.